The zero-order valence-electron chi connectivity index (χ0n) is 12.5. The summed E-state index contributed by atoms with van der Waals surface area (Å²) in [6.07, 6.45) is 0. The normalized spacial score (nSPS) is 16.0. The third-order valence-corrected chi connectivity index (χ3v) is 3.67. The van der Waals surface area contributed by atoms with Crippen LogP contribution in [0.5, 0.6) is 0 Å². The highest BCUT2D eigenvalue weighted by molar-refractivity contribution is 5.92. The van der Waals surface area contributed by atoms with Crippen molar-refractivity contribution in [2.24, 2.45) is 17.8 Å². The van der Waals surface area contributed by atoms with Crippen molar-refractivity contribution in [2.45, 2.75) is 47.6 Å². The van der Waals surface area contributed by atoms with E-state index in [1.54, 1.807) is 27.8 Å². The van der Waals surface area contributed by atoms with Gasteiger partial charge in [-0.2, -0.15) is 0 Å². The van der Waals surface area contributed by atoms with Gasteiger partial charge in [0.1, 0.15) is 5.78 Å². The van der Waals surface area contributed by atoms with Gasteiger partial charge < -0.3 is 4.90 Å². The van der Waals surface area contributed by atoms with Crippen LogP contribution in [-0.2, 0) is 14.4 Å². The van der Waals surface area contributed by atoms with E-state index >= 15 is 0 Å². The van der Waals surface area contributed by atoms with E-state index in [9.17, 15) is 14.4 Å². The van der Waals surface area contributed by atoms with Gasteiger partial charge in [0.25, 0.3) is 0 Å². The molecule has 0 saturated carbocycles. The molecule has 0 saturated heterocycles. The minimum Gasteiger partial charge on any atom is -0.336 e. The molecule has 0 bridgehead atoms. The van der Waals surface area contributed by atoms with E-state index in [0.717, 1.165) is 0 Å². The fraction of sp³-hybridized carbons (Fsp3) is 0.786. The van der Waals surface area contributed by atoms with E-state index in [0.29, 0.717) is 0 Å². The number of carbonyl (C=O) groups excluding carboxylic acids is 3. The van der Waals surface area contributed by atoms with Gasteiger partial charge in [0.2, 0.25) is 5.91 Å². The Hall–Kier alpha value is -1.19. The summed E-state index contributed by atoms with van der Waals surface area (Å²) in [5.74, 6) is -0.920. The van der Waals surface area contributed by atoms with Gasteiger partial charge in [-0.1, -0.05) is 27.7 Å². The lowest BCUT2D eigenvalue weighted by Crippen LogP contribution is -2.44. The molecule has 0 spiro atoms. The molecule has 0 radical (unpaired) electrons. The molecule has 0 fully saturated rings. The lowest BCUT2D eigenvalue weighted by Gasteiger charge is -2.28. The molecule has 4 heteroatoms. The summed E-state index contributed by atoms with van der Waals surface area (Å²) in [5, 5.41) is 0. The first-order valence-electron chi connectivity index (χ1n) is 6.42. The summed E-state index contributed by atoms with van der Waals surface area (Å²) >= 11 is 0. The van der Waals surface area contributed by atoms with Gasteiger partial charge in [-0.3, -0.25) is 14.4 Å². The topological polar surface area (TPSA) is 54.5 Å². The van der Waals surface area contributed by atoms with Gasteiger partial charge >= 0.3 is 0 Å². The highest BCUT2D eigenvalue weighted by Crippen LogP contribution is 2.19. The molecule has 0 aromatic rings. The monoisotopic (exact) mass is 255 g/mol. The van der Waals surface area contributed by atoms with Crippen LogP contribution in [0.2, 0.25) is 0 Å². The van der Waals surface area contributed by atoms with Gasteiger partial charge in [-0.15, -0.1) is 0 Å². The molecule has 0 rings (SSSR count). The van der Waals surface area contributed by atoms with Crippen LogP contribution in [0.1, 0.15) is 41.5 Å². The second-order valence-corrected chi connectivity index (χ2v) is 5.37. The molecule has 0 aliphatic heterocycles. The SMILES string of the molecule is CC(=O)C(C)N(C)C(=O)C(C)C(C)C(=O)C(C)C. The van der Waals surface area contributed by atoms with Crippen LogP contribution in [0.15, 0.2) is 0 Å². The average Bonchev–Trinajstić information content (AvgIpc) is 2.32. The summed E-state index contributed by atoms with van der Waals surface area (Å²) in [4.78, 5) is 36.7. The fourth-order valence-electron chi connectivity index (χ4n) is 1.77. The van der Waals surface area contributed by atoms with E-state index in [4.69, 9.17) is 0 Å². The fourth-order valence-corrected chi connectivity index (χ4v) is 1.77. The van der Waals surface area contributed by atoms with Crippen molar-refractivity contribution in [2.75, 3.05) is 7.05 Å². The highest BCUT2D eigenvalue weighted by atomic mass is 16.2. The Morgan fingerprint density at radius 3 is 1.67 bits per heavy atom. The Morgan fingerprint density at radius 1 is 0.889 bits per heavy atom. The number of ketones is 2. The summed E-state index contributed by atoms with van der Waals surface area (Å²) in [6, 6.07) is -0.443. The Kier molecular flexibility index (Phi) is 6.22. The molecular formula is C14H25NO3. The molecule has 0 aromatic carbocycles. The number of Topliss-reactive ketones (excluding diaryl/α,β-unsaturated/α-hetero) is 2. The van der Waals surface area contributed by atoms with Crippen molar-refractivity contribution in [3.8, 4) is 0 Å². The Bertz CT molecular complexity index is 336. The Morgan fingerprint density at radius 2 is 1.33 bits per heavy atom. The number of amides is 1. The number of likely N-dealkylation sites (N-methyl/N-ethyl adjacent to an activating group) is 1. The molecule has 104 valence electrons. The predicted molar refractivity (Wildman–Crippen MR) is 71.1 cm³/mol. The predicted octanol–water partition coefficient (Wildman–Crippen LogP) is 1.92. The molecule has 1 amide bonds. The summed E-state index contributed by atoms with van der Waals surface area (Å²) < 4.78 is 0. The first-order valence-corrected chi connectivity index (χ1v) is 6.42. The molecule has 0 N–H and O–H groups in total. The van der Waals surface area contributed by atoms with Crippen molar-refractivity contribution in [1.29, 1.82) is 0 Å². The lowest BCUT2D eigenvalue weighted by molar-refractivity contribution is -0.143. The van der Waals surface area contributed by atoms with Gasteiger partial charge in [-0.05, 0) is 13.8 Å². The summed E-state index contributed by atoms with van der Waals surface area (Å²) in [5.41, 5.74) is 0. The molecule has 18 heavy (non-hydrogen) atoms. The standard InChI is InChI=1S/C14H25NO3/c1-8(2)13(17)9(3)10(4)14(18)15(7)11(5)12(6)16/h8-11H,1-7H3. The third-order valence-electron chi connectivity index (χ3n) is 3.67. The lowest BCUT2D eigenvalue weighted by atomic mass is 9.86. The van der Waals surface area contributed by atoms with Crippen LogP contribution in [0.3, 0.4) is 0 Å². The molecule has 4 nitrogen and oxygen atoms in total. The number of carbonyl (C=O) groups is 3. The van der Waals surface area contributed by atoms with Crippen LogP contribution in [-0.4, -0.2) is 35.5 Å². The van der Waals surface area contributed by atoms with Crippen LogP contribution in [0.25, 0.3) is 0 Å². The van der Waals surface area contributed by atoms with E-state index in [1.807, 2.05) is 13.8 Å². The van der Waals surface area contributed by atoms with E-state index in [2.05, 4.69) is 0 Å². The van der Waals surface area contributed by atoms with Crippen molar-refractivity contribution < 1.29 is 14.4 Å². The van der Waals surface area contributed by atoms with E-state index in [1.165, 1.54) is 11.8 Å². The molecule has 0 heterocycles. The van der Waals surface area contributed by atoms with E-state index in [-0.39, 0.29) is 29.3 Å². The molecule has 0 aliphatic carbocycles. The summed E-state index contributed by atoms with van der Waals surface area (Å²) in [6.45, 7) is 10.3. The quantitative estimate of drug-likeness (QED) is 0.728. The van der Waals surface area contributed by atoms with Crippen LogP contribution in [0.4, 0.5) is 0 Å². The van der Waals surface area contributed by atoms with Crippen LogP contribution in [0, 0.1) is 17.8 Å². The smallest absolute Gasteiger partial charge is 0.226 e. The Balaban J connectivity index is 4.79. The number of hydrogen-bond acceptors (Lipinski definition) is 3. The minimum atomic E-state index is -0.443. The van der Waals surface area contributed by atoms with Crippen molar-refractivity contribution >= 4 is 17.5 Å². The molecule has 3 unspecified atom stereocenters. The average molecular weight is 255 g/mol. The maximum atomic E-state index is 12.2. The second kappa shape index (κ2) is 6.66. The second-order valence-electron chi connectivity index (χ2n) is 5.37. The Labute approximate surface area is 110 Å². The number of rotatable bonds is 6. The third kappa shape index (κ3) is 3.93. The largest absolute Gasteiger partial charge is 0.336 e. The maximum absolute atomic E-state index is 12.2. The molecule has 0 aliphatic rings. The zero-order valence-corrected chi connectivity index (χ0v) is 12.5. The van der Waals surface area contributed by atoms with Gasteiger partial charge in [0, 0.05) is 24.8 Å². The first kappa shape index (κ1) is 16.8. The van der Waals surface area contributed by atoms with Crippen molar-refractivity contribution in [1.82, 2.24) is 4.90 Å². The van der Waals surface area contributed by atoms with Gasteiger partial charge in [0.05, 0.1) is 6.04 Å². The number of hydrogen-bond donors (Lipinski definition) is 0. The molecular weight excluding hydrogens is 230 g/mol. The van der Waals surface area contributed by atoms with Gasteiger partial charge in [-0.25, -0.2) is 0 Å². The maximum Gasteiger partial charge on any atom is 0.226 e. The zero-order chi connectivity index (χ0) is 14.6. The summed E-state index contributed by atoms with van der Waals surface area (Å²) in [7, 11) is 1.61. The molecule has 3 atom stereocenters. The van der Waals surface area contributed by atoms with Crippen LogP contribution >= 0.6 is 0 Å². The molecule has 0 aromatic heterocycles. The van der Waals surface area contributed by atoms with Crippen molar-refractivity contribution in [3.63, 3.8) is 0 Å². The van der Waals surface area contributed by atoms with Crippen molar-refractivity contribution in [3.05, 3.63) is 0 Å². The van der Waals surface area contributed by atoms with Gasteiger partial charge in [0.15, 0.2) is 5.78 Å². The number of nitrogens with zero attached hydrogens (tertiary/aromatic N) is 1. The highest BCUT2D eigenvalue weighted by Gasteiger charge is 2.31. The first-order chi connectivity index (χ1) is 8.11. The van der Waals surface area contributed by atoms with E-state index < -0.39 is 12.0 Å². The van der Waals surface area contributed by atoms with Crippen LogP contribution < -0.4 is 0 Å². The minimum absolute atomic E-state index is 0.0547.